The molecule has 29 heavy (non-hydrogen) atoms. The Labute approximate surface area is 196 Å². The largest absolute Gasteiger partial charge is 0.357 e. The van der Waals surface area contributed by atoms with Crippen molar-refractivity contribution in [3.05, 3.63) is 64.2 Å². The van der Waals surface area contributed by atoms with Crippen LogP contribution >= 0.6 is 35.6 Å². The van der Waals surface area contributed by atoms with Gasteiger partial charge in [0.1, 0.15) is 0 Å². The lowest BCUT2D eigenvalue weighted by atomic mass is 10.1. The Morgan fingerprint density at radius 3 is 2.48 bits per heavy atom. The Bertz CT molecular complexity index is 933. The highest BCUT2D eigenvalue weighted by atomic mass is 127. The van der Waals surface area contributed by atoms with Crippen molar-refractivity contribution in [2.45, 2.75) is 38.1 Å². The fraction of sp³-hybridized carbons (Fsp3) is 0.381. The Morgan fingerprint density at radius 2 is 1.86 bits per heavy atom. The summed E-state index contributed by atoms with van der Waals surface area (Å²) >= 11 is 6.19. The van der Waals surface area contributed by atoms with E-state index < -0.39 is 9.84 Å². The van der Waals surface area contributed by atoms with Gasteiger partial charge in [0.05, 0.1) is 11.4 Å². The molecule has 0 fully saturated rings. The van der Waals surface area contributed by atoms with Crippen LogP contribution in [0.3, 0.4) is 0 Å². The number of rotatable bonds is 8. The normalized spacial score (nSPS) is 11.7. The number of nitrogens with zero attached hydrogens (tertiary/aromatic N) is 1. The van der Waals surface area contributed by atoms with Gasteiger partial charge < -0.3 is 10.6 Å². The maximum absolute atomic E-state index is 11.7. The summed E-state index contributed by atoms with van der Waals surface area (Å²) in [7, 11) is -3.20. The summed E-state index contributed by atoms with van der Waals surface area (Å²) in [6, 6.07) is 13.2. The molecular formula is C21H29ClIN3O2S. The number of aliphatic imine (C=N–C) groups is 1. The molecule has 0 aliphatic heterocycles. The monoisotopic (exact) mass is 549 g/mol. The zero-order valence-electron chi connectivity index (χ0n) is 17.0. The van der Waals surface area contributed by atoms with E-state index in [4.69, 9.17) is 11.6 Å². The molecule has 2 aromatic carbocycles. The molecular weight excluding hydrogens is 521 g/mol. The molecule has 2 rings (SSSR count). The summed E-state index contributed by atoms with van der Waals surface area (Å²) < 4.78 is 23.5. The molecule has 0 unspecified atom stereocenters. The summed E-state index contributed by atoms with van der Waals surface area (Å²) in [5.74, 6) is 0.742. The van der Waals surface area contributed by atoms with Crippen LogP contribution in [0.25, 0.3) is 0 Å². The van der Waals surface area contributed by atoms with Crippen molar-refractivity contribution in [3.63, 3.8) is 0 Å². The average molecular weight is 550 g/mol. The number of benzene rings is 2. The number of aryl methyl sites for hydroxylation is 2. The maximum Gasteiger partial charge on any atom is 0.191 e. The van der Waals surface area contributed by atoms with Gasteiger partial charge in [-0.2, -0.15) is 0 Å². The molecule has 0 saturated heterocycles. The molecule has 0 heterocycles. The number of sulfone groups is 1. The second-order valence-corrected chi connectivity index (χ2v) is 9.08. The van der Waals surface area contributed by atoms with Crippen molar-refractivity contribution in [2.24, 2.45) is 4.99 Å². The van der Waals surface area contributed by atoms with Gasteiger partial charge in [0, 0.05) is 24.4 Å². The average Bonchev–Trinajstić information content (AvgIpc) is 2.63. The minimum Gasteiger partial charge on any atom is -0.357 e. The van der Waals surface area contributed by atoms with Crippen molar-refractivity contribution in [1.29, 1.82) is 0 Å². The molecule has 2 aromatic rings. The van der Waals surface area contributed by atoms with Crippen LogP contribution in [-0.2, 0) is 22.8 Å². The molecule has 0 atom stereocenters. The lowest BCUT2D eigenvalue weighted by molar-refractivity contribution is 0.601. The van der Waals surface area contributed by atoms with E-state index in [2.05, 4.69) is 15.6 Å². The topological polar surface area (TPSA) is 70.6 Å². The lowest BCUT2D eigenvalue weighted by Gasteiger charge is -2.12. The Balaban J connectivity index is 0.00000420. The fourth-order valence-electron chi connectivity index (χ4n) is 2.92. The van der Waals surface area contributed by atoms with E-state index in [1.165, 1.54) is 6.26 Å². The van der Waals surface area contributed by atoms with E-state index in [1.54, 1.807) is 6.07 Å². The first-order valence-electron chi connectivity index (χ1n) is 9.36. The third-order valence-electron chi connectivity index (χ3n) is 4.28. The molecule has 5 nitrogen and oxygen atoms in total. The number of hydrogen-bond donors (Lipinski definition) is 2. The summed E-state index contributed by atoms with van der Waals surface area (Å²) in [6.07, 6.45) is 3.07. The van der Waals surface area contributed by atoms with E-state index >= 15 is 0 Å². The Hall–Kier alpha value is -1.32. The number of guanidine groups is 1. The first-order valence-corrected chi connectivity index (χ1v) is 11.6. The van der Waals surface area contributed by atoms with Gasteiger partial charge >= 0.3 is 0 Å². The minimum atomic E-state index is -3.20. The quantitative estimate of drug-likeness (QED) is 0.222. The highest BCUT2D eigenvalue weighted by Crippen LogP contribution is 2.17. The van der Waals surface area contributed by atoms with Crippen LogP contribution in [0.5, 0.6) is 0 Å². The molecule has 160 valence electrons. The molecule has 0 spiro atoms. The van der Waals surface area contributed by atoms with Gasteiger partial charge in [0.25, 0.3) is 0 Å². The van der Waals surface area contributed by atoms with E-state index in [9.17, 15) is 8.42 Å². The third kappa shape index (κ3) is 8.52. The highest BCUT2D eigenvalue weighted by Gasteiger charge is 2.10. The van der Waals surface area contributed by atoms with Crippen LogP contribution < -0.4 is 10.6 Å². The summed E-state index contributed by atoms with van der Waals surface area (Å²) in [5, 5.41) is 7.36. The van der Waals surface area contributed by atoms with Gasteiger partial charge in [0.15, 0.2) is 15.8 Å². The van der Waals surface area contributed by atoms with E-state index in [0.29, 0.717) is 11.4 Å². The maximum atomic E-state index is 11.7. The minimum absolute atomic E-state index is 0. The second kappa shape index (κ2) is 12.4. The molecule has 0 aliphatic rings. The van der Waals surface area contributed by atoms with E-state index in [0.717, 1.165) is 53.6 Å². The van der Waals surface area contributed by atoms with Crippen molar-refractivity contribution in [2.75, 3.05) is 19.3 Å². The molecule has 0 bridgehead atoms. The number of nitrogens with one attached hydrogen (secondary N) is 2. The van der Waals surface area contributed by atoms with Crippen LogP contribution in [0.4, 0.5) is 0 Å². The lowest BCUT2D eigenvalue weighted by Crippen LogP contribution is -2.37. The van der Waals surface area contributed by atoms with Gasteiger partial charge in [-0.15, -0.1) is 24.0 Å². The SMILES string of the molecule is CCNC(=NCc1ccc(S(C)(=O)=O)c(C)c1)NCCCc1ccccc1Cl.I. The highest BCUT2D eigenvalue weighted by molar-refractivity contribution is 14.0. The predicted molar refractivity (Wildman–Crippen MR) is 132 cm³/mol. The van der Waals surface area contributed by atoms with Crippen LogP contribution in [0, 0.1) is 6.92 Å². The standard InChI is InChI=1S/C21H28ClN3O2S.HI/c1-4-23-21(24-13-7-9-18-8-5-6-10-19(18)22)25-15-17-11-12-20(16(2)14-17)28(3,26)27;/h5-6,8,10-12,14H,4,7,9,13,15H2,1-3H3,(H2,23,24,25);1H. The second-order valence-electron chi connectivity index (χ2n) is 6.69. The van der Waals surface area contributed by atoms with Gasteiger partial charge in [0.2, 0.25) is 0 Å². The van der Waals surface area contributed by atoms with Crippen molar-refractivity contribution < 1.29 is 8.42 Å². The third-order valence-corrected chi connectivity index (χ3v) is 5.90. The molecule has 0 amide bonds. The fourth-order valence-corrected chi connectivity index (χ4v) is 4.11. The number of hydrogen-bond acceptors (Lipinski definition) is 3. The smallest absolute Gasteiger partial charge is 0.191 e. The summed E-state index contributed by atoms with van der Waals surface area (Å²) in [5.41, 5.74) is 2.86. The van der Waals surface area contributed by atoms with Crippen molar-refractivity contribution >= 4 is 51.4 Å². The molecule has 0 saturated carbocycles. The molecule has 0 aromatic heterocycles. The van der Waals surface area contributed by atoms with Gasteiger partial charge in [-0.05, 0) is 55.5 Å². The van der Waals surface area contributed by atoms with Crippen LogP contribution in [-0.4, -0.2) is 33.7 Å². The zero-order chi connectivity index (χ0) is 20.6. The summed E-state index contributed by atoms with van der Waals surface area (Å²) in [6.45, 7) is 5.85. The van der Waals surface area contributed by atoms with E-state index in [-0.39, 0.29) is 24.0 Å². The van der Waals surface area contributed by atoms with Crippen LogP contribution in [0.15, 0.2) is 52.4 Å². The van der Waals surface area contributed by atoms with Crippen LogP contribution in [0.1, 0.15) is 30.0 Å². The first kappa shape index (κ1) is 25.7. The van der Waals surface area contributed by atoms with E-state index in [1.807, 2.05) is 50.2 Å². The predicted octanol–water partition coefficient (Wildman–Crippen LogP) is 4.36. The number of halogens is 2. The molecule has 2 N–H and O–H groups in total. The Morgan fingerprint density at radius 1 is 1.14 bits per heavy atom. The molecule has 0 aliphatic carbocycles. The molecule has 0 radical (unpaired) electrons. The zero-order valence-corrected chi connectivity index (χ0v) is 20.9. The van der Waals surface area contributed by atoms with Crippen molar-refractivity contribution in [3.8, 4) is 0 Å². The van der Waals surface area contributed by atoms with Gasteiger partial charge in [-0.25, -0.2) is 13.4 Å². The van der Waals surface area contributed by atoms with Crippen LogP contribution in [0.2, 0.25) is 5.02 Å². The van der Waals surface area contributed by atoms with Gasteiger partial charge in [-0.3, -0.25) is 0 Å². The van der Waals surface area contributed by atoms with Gasteiger partial charge in [-0.1, -0.05) is 41.9 Å². The molecule has 8 heteroatoms. The first-order chi connectivity index (χ1) is 13.3. The summed E-state index contributed by atoms with van der Waals surface area (Å²) in [4.78, 5) is 4.96. The van der Waals surface area contributed by atoms with Crippen molar-refractivity contribution in [1.82, 2.24) is 10.6 Å². The Kier molecular flexibility index (Phi) is 11.0.